The van der Waals surface area contributed by atoms with E-state index in [9.17, 15) is 8.42 Å². The second-order valence-corrected chi connectivity index (χ2v) is 7.42. The van der Waals surface area contributed by atoms with Crippen LogP contribution in [0.3, 0.4) is 0 Å². The Bertz CT molecular complexity index is 570. The third-order valence-electron chi connectivity index (χ3n) is 3.38. The zero-order valence-corrected chi connectivity index (χ0v) is 13.5. The molecule has 118 valence electrons. The smallest absolute Gasteiger partial charge is 0.240 e. The highest BCUT2D eigenvalue weighted by Crippen LogP contribution is 2.22. The lowest BCUT2D eigenvalue weighted by Crippen LogP contribution is -2.31. The number of rotatable bonds is 7. The first-order valence-corrected chi connectivity index (χ1v) is 8.88. The highest BCUT2D eigenvalue weighted by atomic mass is 32.2. The van der Waals surface area contributed by atoms with E-state index < -0.39 is 10.0 Å². The largest absolute Gasteiger partial charge is 0.380 e. The van der Waals surface area contributed by atoms with Crippen molar-refractivity contribution < 1.29 is 13.2 Å². The van der Waals surface area contributed by atoms with Crippen molar-refractivity contribution in [1.82, 2.24) is 10.0 Å². The van der Waals surface area contributed by atoms with Crippen molar-refractivity contribution in [2.45, 2.75) is 31.7 Å². The van der Waals surface area contributed by atoms with Crippen molar-refractivity contribution in [2.75, 3.05) is 26.3 Å². The SMILES string of the molecule is CC(C)COCCNS(=O)(=O)c1cccc2c1CCNC2. The molecule has 1 aliphatic rings. The molecule has 2 rings (SSSR count). The molecule has 21 heavy (non-hydrogen) atoms. The van der Waals surface area contributed by atoms with Gasteiger partial charge in [0.2, 0.25) is 10.0 Å². The van der Waals surface area contributed by atoms with Gasteiger partial charge in [0.25, 0.3) is 0 Å². The summed E-state index contributed by atoms with van der Waals surface area (Å²) in [6.07, 6.45) is 0.746. The number of hydrogen-bond acceptors (Lipinski definition) is 4. The Morgan fingerprint density at radius 1 is 1.38 bits per heavy atom. The number of nitrogens with one attached hydrogen (secondary N) is 2. The summed E-state index contributed by atoms with van der Waals surface area (Å²) in [5.74, 6) is 0.454. The van der Waals surface area contributed by atoms with Gasteiger partial charge >= 0.3 is 0 Å². The van der Waals surface area contributed by atoms with Crippen LogP contribution >= 0.6 is 0 Å². The fraction of sp³-hybridized carbons (Fsp3) is 0.600. The second kappa shape index (κ2) is 7.35. The fourth-order valence-corrected chi connectivity index (χ4v) is 3.72. The zero-order valence-electron chi connectivity index (χ0n) is 12.7. The molecule has 1 aromatic rings. The molecule has 0 aliphatic carbocycles. The summed E-state index contributed by atoms with van der Waals surface area (Å²) in [4.78, 5) is 0.408. The number of fused-ring (bicyclic) bond motifs is 1. The van der Waals surface area contributed by atoms with Crippen molar-refractivity contribution in [2.24, 2.45) is 5.92 Å². The van der Waals surface area contributed by atoms with Crippen molar-refractivity contribution in [1.29, 1.82) is 0 Å². The molecular weight excluding hydrogens is 288 g/mol. The standard InChI is InChI=1S/C15H24N2O3S/c1-12(2)11-20-9-8-17-21(18,19)15-5-3-4-13-10-16-7-6-14(13)15/h3-5,12,16-17H,6-11H2,1-2H3. The minimum Gasteiger partial charge on any atom is -0.380 e. The lowest BCUT2D eigenvalue weighted by molar-refractivity contribution is 0.114. The molecule has 0 bridgehead atoms. The molecule has 2 N–H and O–H groups in total. The van der Waals surface area contributed by atoms with Gasteiger partial charge in [-0.2, -0.15) is 0 Å². The number of sulfonamides is 1. The Balaban J connectivity index is 2.00. The molecule has 0 aromatic heterocycles. The Morgan fingerprint density at radius 3 is 2.95 bits per heavy atom. The van der Waals surface area contributed by atoms with E-state index >= 15 is 0 Å². The van der Waals surface area contributed by atoms with Gasteiger partial charge in [0.1, 0.15) is 0 Å². The minimum atomic E-state index is -3.46. The van der Waals surface area contributed by atoms with Crippen LogP contribution in [0.2, 0.25) is 0 Å². The normalized spacial score (nSPS) is 15.2. The zero-order chi connectivity index (χ0) is 15.3. The molecule has 0 saturated heterocycles. The van der Waals surface area contributed by atoms with Crippen molar-refractivity contribution >= 4 is 10.0 Å². The van der Waals surface area contributed by atoms with Crippen molar-refractivity contribution in [3.8, 4) is 0 Å². The van der Waals surface area contributed by atoms with Crippen LogP contribution in [0.5, 0.6) is 0 Å². The Labute approximate surface area is 127 Å². The lowest BCUT2D eigenvalue weighted by Gasteiger charge is -2.20. The predicted molar refractivity (Wildman–Crippen MR) is 82.7 cm³/mol. The van der Waals surface area contributed by atoms with Crippen LogP contribution < -0.4 is 10.0 Å². The first kappa shape index (κ1) is 16.4. The first-order chi connectivity index (χ1) is 10.0. The monoisotopic (exact) mass is 312 g/mol. The van der Waals surface area contributed by atoms with Gasteiger partial charge in [-0.25, -0.2) is 13.1 Å². The maximum absolute atomic E-state index is 12.4. The van der Waals surface area contributed by atoms with Gasteiger partial charge in [0.05, 0.1) is 11.5 Å². The number of hydrogen-bond donors (Lipinski definition) is 2. The molecule has 0 amide bonds. The van der Waals surface area contributed by atoms with Crippen LogP contribution in [0.25, 0.3) is 0 Å². The van der Waals surface area contributed by atoms with Crippen LogP contribution in [-0.4, -0.2) is 34.7 Å². The predicted octanol–water partition coefficient (Wildman–Crippen LogP) is 1.28. The average molecular weight is 312 g/mol. The van der Waals surface area contributed by atoms with Crippen LogP contribution in [0.15, 0.2) is 23.1 Å². The van der Waals surface area contributed by atoms with Gasteiger partial charge in [-0.05, 0) is 36.1 Å². The van der Waals surface area contributed by atoms with Crippen LogP contribution in [0.4, 0.5) is 0 Å². The summed E-state index contributed by atoms with van der Waals surface area (Å²) >= 11 is 0. The van der Waals surface area contributed by atoms with Gasteiger partial charge in [-0.1, -0.05) is 26.0 Å². The third-order valence-corrected chi connectivity index (χ3v) is 4.92. The number of ether oxygens (including phenoxy) is 1. The molecule has 0 atom stereocenters. The highest BCUT2D eigenvalue weighted by molar-refractivity contribution is 7.89. The van der Waals surface area contributed by atoms with Crippen LogP contribution in [-0.2, 0) is 27.7 Å². The topological polar surface area (TPSA) is 67.4 Å². The average Bonchev–Trinajstić information content (AvgIpc) is 2.46. The van der Waals surface area contributed by atoms with Gasteiger partial charge in [-0.3, -0.25) is 0 Å². The van der Waals surface area contributed by atoms with E-state index in [2.05, 4.69) is 23.9 Å². The Kier molecular flexibility index (Phi) is 5.75. The van der Waals surface area contributed by atoms with E-state index in [0.29, 0.717) is 30.6 Å². The molecule has 0 unspecified atom stereocenters. The third kappa shape index (κ3) is 4.51. The van der Waals surface area contributed by atoms with E-state index in [0.717, 1.165) is 30.6 Å². The van der Waals surface area contributed by atoms with E-state index in [4.69, 9.17) is 4.74 Å². The maximum atomic E-state index is 12.4. The van der Waals surface area contributed by atoms with E-state index in [1.807, 2.05) is 6.07 Å². The molecule has 1 aromatic carbocycles. The molecule has 0 saturated carbocycles. The van der Waals surface area contributed by atoms with Crippen LogP contribution in [0.1, 0.15) is 25.0 Å². The first-order valence-electron chi connectivity index (χ1n) is 7.39. The minimum absolute atomic E-state index is 0.303. The number of benzene rings is 1. The van der Waals surface area contributed by atoms with E-state index in [1.165, 1.54) is 0 Å². The summed E-state index contributed by atoms with van der Waals surface area (Å²) in [6, 6.07) is 5.46. The summed E-state index contributed by atoms with van der Waals surface area (Å²) in [5.41, 5.74) is 2.01. The van der Waals surface area contributed by atoms with Crippen molar-refractivity contribution in [3.05, 3.63) is 29.3 Å². The quantitative estimate of drug-likeness (QED) is 0.744. The highest BCUT2D eigenvalue weighted by Gasteiger charge is 2.21. The molecule has 5 nitrogen and oxygen atoms in total. The molecule has 0 fully saturated rings. The van der Waals surface area contributed by atoms with Crippen molar-refractivity contribution in [3.63, 3.8) is 0 Å². The van der Waals surface area contributed by atoms with Gasteiger partial charge in [0, 0.05) is 19.7 Å². The molecule has 0 spiro atoms. The van der Waals surface area contributed by atoms with E-state index in [1.54, 1.807) is 12.1 Å². The van der Waals surface area contributed by atoms with Gasteiger partial charge in [0.15, 0.2) is 0 Å². The van der Waals surface area contributed by atoms with Gasteiger partial charge < -0.3 is 10.1 Å². The molecular formula is C15H24N2O3S. The summed E-state index contributed by atoms with van der Waals surface area (Å²) in [7, 11) is -3.46. The lowest BCUT2D eigenvalue weighted by atomic mass is 10.0. The van der Waals surface area contributed by atoms with Crippen LogP contribution in [0, 0.1) is 5.92 Å². The maximum Gasteiger partial charge on any atom is 0.240 e. The summed E-state index contributed by atoms with van der Waals surface area (Å²) in [6.45, 7) is 7.02. The molecule has 1 heterocycles. The summed E-state index contributed by atoms with van der Waals surface area (Å²) < 4.78 is 32.9. The molecule has 0 radical (unpaired) electrons. The summed E-state index contributed by atoms with van der Waals surface area (Å²) in [5, 5.41) is 3.25. The Morgan fingerprint density at radius 2 is 2.19 bits per heavy atom. The van der Waals surface area contributed by atoms with E-state index in [-0.39, 0.29) is 0 Å². The molecule has 1 aliphatic heterocycles. The van der Waals surface area contributed by atoms with Gasteiger partial charge in [-0.15, -0.1) is 0 Å². The Hall–Kier alpha value is -0.950. The fourth-order valence-electron chi connectivity index (χ4n) is 2.39. The molecule has 6 heteroatoms. The second-order valence-electron chi connectivity index (χ2n) is 5.69.